The number of carbonyl (C=O) groups is 3. The number of nitrogens with one attached hydrogen (secondary N) is 3. The molecule has 3 unspecified atom stereocenters. The Morgan fingerprint density at radius 1 is 0.511 bits per heavy atom. The summed E-state index contributed by atoms with van der Waals surface area (Å²) >= 11 is 0. The minimum atomic E-state index is -0.700. The Morgan fingerprint density at radius 2 is 0.756 bits per heavy atom. The average Bonchev–Trinajstić information content (AvgIpc) is 3.00. The van der Waals surface area contributed by atoms with E-state index in [1.54, 1.807) is 20.8 Å². The number of hydrogen-bond donors (Lipinski definition) is 3. The molecule has 0 saturated heterocycles. The highest BCUT2D eigenvalue weighted by molar-refractivity contribution is 5.68. The second kappa shape index (κ2) is 21.8. The van der Waals surface area contributed by atoms with E-state index in [1.165, 1.54) is 0 Å². The third-order valence-corrected chi connectivity index (χ3v) is 7.46. The summed E-state index contributed by atoms with van der Waals surface area (Å²) in [6.45, 7) is 11.8. The molecule has 3 amide bonds. The van der Waals surface area contributed by atoms with Gasteiger partial charge in [0.1, 0.15) is 0 Å². The van der Waals surface area contributed by atoms with Crippen LogP contribution in [0, 0.1) is 0 Å². The zero-order valence-corrected chi connectivity index (χ0v) is 27.9. The minimum Gasteiger partial charge on any atom is -0.450 e. The molecule has 15 heteroatoms. The zero-order valence-electron chi connectivity index (χ0n) is 27.9. The lowest BCUT2D eigenvalue weighted by molar-refractivity contribution is 0.146. The maximum absolute atomic E-state index is 13.5. The van der Waals surface area contributed by atoms with Gasteiger partial charge in [0, 0.05) is 37.8 Å². The molecule has 1 aromatic rings. The summed E-state index contributed by atoms with van der Waals surface area (Å²) in [6.07, 6.45) is 3.02. The molecule has 15 nitrogen and oxygen atoms in total. The predicted octanol–water partition coefficient (Wildman–Crippen LogP) is 3.09. The van der Waals surface area contributed by atoms with Gasteiger partial charge in [-0.1, -0.05) is 20.8 Å². The van der Waals surface area contributed by atoms with Crippen molar-refractivity contribution in [3.63, 3.8) is 0 Å². The van der Waals surface area contributed by atoms with Crippen molar-refractivity contribution in [2.75, 3.05) is 19.8 Å². The van der Waals surface area contributed by atoms with Crippen molar-refractivity contribution in [2.45, 2.75) is 137 Å². The molecule has 3 N–H and O–H groups in total. The van der Waals surface area contributed by atoms with Gasteiger partial charge >= 0.3 is 35.3 Å². The summed E-state index contributed by atoms with van der Waals surface area (Å²) in [5.41, 5.74) is -2.10. The first-order chi connectivity index (χ1) is 21.6. The monoisotopic (exact) mass is 642 g/mol. The van der Waals surface area contributed by atoms with Crippen molar-refractivity contribution in [1.29, 1.82) is 0 Å². The third-order valence-electron chi connectivity index (χ3n) is 7.46. The molecule has 0 bridgehead atoms. The molecule has 0 aliphatic heterocycles. The van der Waals surface area contributed by atoms with Crippen molar-refractivity contribution in [2.24, 2.45) is 0 Å². The molecule has 1 aromatic heterocycles. The highest BCUT2D eigenvalue weighted by Gasteiger charge is 2.19. The van der Waals surface area contributed by atoms with Gasteiger partial charge in [-0.2, -0.15) is 0 Å². The van der Waals surface area contributed by atoms with Crippen LogP contribution in [0.3, 0.4) is 0 Å². The van der Waals surface area contributed by atoms with Gasteiger partial charge < -0.3 is 30.2 Å². The first-order valence-electron chi connectivity index (χ1n) is 16.3. The summed E-state index contributed by atoms with van der Waals surface area (Å²) in [7, 11) is 0. The molecule has 0 aromatic carbocycles. The number of nitrogens with zero attached hydrogens (tertiary/aromatic N) is 3. The Morgan fingerprint density at radius 3 is 0.956 bits per heavy atom. The molecule has 0 saturated carbocycles. The smallest absolute Gasteiger partial charge is 0.407 e. The van der Waals surface area contributed by atoms with Crippen molar-refractivity contribution < 1.29 is 28.6 Å². The van der Waals surface area contributed by atoms with Gasteiger partial charge in [-0.3, -0.25) is 0 Å². The zero-order chi connectivity index (χ0) is 33.8. The number of rotatable bonds is 21. The summed E-state index contributed by atoms with van der Waals surface area (Å²) in [5, 5.41) is 8.34. The SMILES string of the molecule is CCOC(=O)NC(CC)CCCn1c(=O)n(CCCC(CC)NC(=O)OCC)c(=O)n(CCCC(CC)NC(=O)OCC)c1=O. The second-order valence-electron chi connectivity index (χ2n) is 10.6. The standard InChI is InChI=1S/C30H54N6O9/c1-7-22(31-25(37)43-10-4)16-13-19-34-28(40)35(20-14-17-23(8-2)32-26(38)44-11-5)30(42)36(29(34)41)21-15-18-24(9-3)33-27(39)45-12-6/h22-24H,7-21H2,1-6H3,(H,31,37)(H,32,38)(H,33,39). The van der Waals surface area contributed by atoms with Gasteiger partial charge in [-0.25, -0.2) is 42.5 Å². The predicted molar refractivity (Wildman–Crippen MR) is 170 cm³/mol. The largest absolute Gasteiger partial charge is 0.450 e. The lowest BCUT2D eigenvalue weighted by atomic mass is 10.1. The number of aromatic nitrogens is 3. The number of hydrogen-bond acceptors (Lipinski definition) is 9. The summed E-state index contributed by atoms with van der Waals surface area (Å²) in [5.74, 6) is 0. The topological polar surface area (TPSA) is 181 Å². The molecule has 3 atom stereocenters. The first kappa shape index (κ1) is 39.2. The van der Waals surface area contributed by atoms with E-state index in [-0.39, 0.29) is 57.6 Å². The third kappa shape index (κ3) is 13.8. The lowest BCUT2D eigenvalue weighted by Crippen LogP contribution is -2.54. The van der Waals surface area contributed by atoms with Gasteiger partial charge in [0.15, 0.2) is 0 Å². The summed E-state index contributed by atoms with van der Waals surface area (Å²) in [6, 6.07) is -0.615. The molecule has 0 spiro atoms. The van der Waals surface area contributed by atoms with E-state index in [1.807, 2.05) is 20.8 Å². The molecule has 0 radical (unpaired) electrons. The average molecular weight is 643 g/mol. The van der Waals surface area contributed by atoms with Gasteiger partial charge in [0.2, 0.25) is 0 Å². The van der Waals surface area contributed by atoms with Crippen LogP contribution in [-0.4, -0.2) is 69.9 Å². The Kier molecular flexibility index (Phi) is 19.0. The molecular formula is C30H54N6O9. The fourth-order valence-electron chi connectivity index (χ4n) is 4.90. The molecule has 0 aliphatic carbocycles. The van der Waals surface area contributed by atoms with E-state index < -0.39 is 35.3 Å². The second-order valence-corrected chi connectivity index (χ2v) is 10.6. The van der Waals surface area contributed by atoms with Gasteiger partial charge in [-0.15, -0.1) is 0 Å². The van der Waals surface area contributed by atoms with Crippen LogP contribution < -0.4 is 33.0 Å². The molecule has 1 rings (SSSR count). The van der Waals surface area contributed by atoms with E-state index in [4.69, 9.17) is 14.2 Å². The van der Waals surface area contributed by atoms with E-state index in [0.717, 1.165) is 13.7 Å². The van der Waals surface area contributed by atoms with Crippen LogP contribution in [0.2, 0.25) is 0 Å². The quantitative estimate of drug-likeness (QED) is 0.170. The van der Waals surface area contributed by atoms with Crippen LogP contribution in [0.1, 0.15) is 99.3 Å². The van der Waals surface area contributed by atoms with Crippen LogP contribution in [0.4, 0.5) is 14.4 Å². The first-order valence-corrected chi connectivity index (χ1v) is 16.3. The van der Waals surface area contributed by atoms with E-state index >= 15 is 0 Å². The minimum absolute atomic E-state index is 0.0585. The normalized spacial score (nSPS) is 12.9. The highest BCUT2D eigenvalue weighted by Crippen LogP contribution is 2.06. The van der Waals surface area contributed by atoms with Gasteiger partial charge in [0.05, 0.1) is 19.8 Å². The van der Waals surface area contributed by atoms with E-state index in [9.17, 15) is 28.8 Å². The Bertz CT molecular complexity index is 1050. The molecule has 0 fully saturated rings. The van der Waals surface area contributed by atoms with Crippen molar-refractivity contribution in [3.05, 3.63) is 31.5 Å². The number of ether oxygens (including phenoxy) is 3. The number of alkyl carbamates (subject to hydrolysis) is 3. The summed E-state index contributed by atoms with van der Waals surface area (Å²) in [4.78, 5) is 76.0. The fourth-order valence-corrected chi connectivity index (χ4v) is 4.90. The van der Waals surface area contributed by atoms with Crippen molar-refractivity contribution in [1.82, 2.24) is 29.7 Å². The highest BCUT2D eigenvalue weighted by atomic mass is 16.6. The lowest BCUT2D eigenvalue weighted by Gasteiger charge is -2.19. The fraction of sp³-hybridized carbons (Fsp3) is 0.800. The maximum Gasteiger partial charge on any atom is 0.407 e. The van der Waals surface area contributed by atoms with E-state index in [0.29, 0.717) is 57.8 Å². The van der Waals surface area contributed by atoms with Crippen LogP contribution in [-0.2, 0) is 33.8 Å². The molecule has 258 valence electrons. The van der Waals surface area contributed by atoms with Crippen LogP contribution in [0.15, 0.2) is 14.4 Å². The molecular weight excluding hydrogens is 588 g/mol. The van der Waals surface area contributed by atoms with Crippen molar-refractivity contribution in [3.8, 4) is 0 Å². The number of carbonyl (C=O) groups excluding carboxylic acids is 3. The molecule has 1 heterocycles. The summed E-state index contributed by atoms with van der Waals surface area (Å²) < 4.78 is 18.1. The number of amides is 3. The van der Waals surface area contributed by atoms with Crippen LogP contribution >= 0.6 is 0 Å². The Labute approximate surface area is 265 Å². The van der Waals surface area contributed by atoms with Gasteiger partial charge in [-0.05, 0) is 78.6 Å². The van der Waals surface area contributed by atoms with E-state index in [2.05, 4.69) is 16.0 Å². The maximum atomic E-state index is 13.5. The van der Waals surface area contributed by atoms with Crippen LogP contribution in [0.5, 0.6) is 0 Å². The van der Waals surface area contributed by atoms with Gasteiger partial charge in [0.25, 0.3) is 0 Å². The van der Waals surface area contributed by atoms with Crippen molar-refractivity contribution >= 4 is 18.3 Å². The molecule has 0 aliphatic rings. The Hall–Kier alpha value is -3.78. The Balaban J connectivity index is 3.20. The van der Waals surface area contributed by atoms with Crippen LogP contribution in [0.25, 0.3) is 0 Å². The molecule has 45 heavy (non-hydrogen) atoms.